The van der Waals surface area contributed by atoms with E-state index in [1.54, 1.807) is 36.4 Å². The van der Waals surface area contributed by atoms with Crippen LogP contribution in [0.25, 0.3) is 0 Å². The molecule has 3 aromatic rings. The minimum absolute atomic E-state index is 0.127. The van der Waals surface area contributed by atoms with Crippen molar-refractivity contribution in [2.75, 3.05) is 46.6 Å². The van der Waals surface area contributed by atoms with Crippen LogP contribution in [0.1, 0.15) is 23.2 Å². The number of aromatic nitrogens is 3. The van der Waals surface area contributed by atoms with Crippen LogP contribution in [-0.2, 0) is 0 Å². The van der Waals surface area contributed by atoms with Crippen molar-refractivity contribution in [3.05, 3.63) is 53.1 Å². The molecule has 13 nitrogen and oxygen atoms in total. The molecule has 2 fully saturated rings. The number of hydrogen-bond donors (Lipinski definition) is 7. The lowest BCUT2D eigenvalue weighted by Crippen LogP contribution is -2.53. The van der Waals surface area contributed by atoms with E-state index in [-0.39, 0.29) is 48.0 Å². The molecule has 40 heavy (non-hydrogen) atoms. The molecule has 4 atom stereocenters. The summed E-state index contributed by atoms with van der Waals surface area (Å²) in [7, 11) is 0. The highest BCUT2D eigenvalue weighted by Crippen LogP contribution is 2.30. The van der Waals surface area contributed by atoms with Crippen molar-refractivity contribution in [2.24, 2.45) is 17.2 Å². The Morgan fingerprint density at radius 3 is 2.42 bits per heavy atom. The van der Waals surface area contributed by atoms with Gasteiger partial charge in [-0.3, -0.25) is 4.79 Å². The lowest BCUT2D eigenvalue weighted by atomic mass is 10.0. The Morgan fingerprint density at radius 1 is 1.05 bits per heavy atom. The second kappa shape index (κ2) is 11.8. The highest BCUT2D eigenvalue weighted by atomic mass is 35.5. The molecule has 0 saturated carbocycles. The molecule has 0 unspecified atom stereocenters. The number of hydrogen-bond acceptors (Lipinski definition) is 12. The number of carbonyl (C=O) groups is 1. The largest absolute Gasteiger partial charge is 0.506 e. The molecule has 2 aliphatic heterocycles. The molecule has 0 spiro atoms. The molecular formula is C26H33ClN10O3. The van der Waals surface area contributed by atoms with Crippen LogP contribution in [0.2, 0.25) is 5.02 Å². The number of benzene rings is 2. The van der Waals surface area contributed by atoms with E-state index in [0.29, 0.717) is 60.6 Å². The van der Waals surface area contributed by atoms with Gasteiger partial charge >= 0.3 is 0 Å². The van der Waals surface area contributed by atoms with Crippen molar-refractivity contribution in [3.63, 3.8) is 0 Å². The van der Waals surface area contributed by atoms with Crippen LogP contribution in [0.3, 0.4) is 0 Å². The number of piperidine rings is 1. The Hall–Kier alpha value is -3.75. The first kappa shape index (κ1) is 27.8. The molecule has 3 heterocycles. The number of halogens is 1. The Kier molecular flexibility index (Phi) is 8.19. The average Bonchev–Trinajstić information content (AvgIpc) is 3.30. The van der Waals surface area contributed by atoms with Gasteiger partial charge in [-0.2, -0.15) is 15.0 Å². The number of amides is 1. The van der Waals surface area contributed by atoms with Gasteiger partial charge < -0.3 is 47.8 Å². The number of nitrogens with one attached hydrogen (secondary N) is 2. The van der Waals surface area contributed by atoms with Crippen LogP contribution >= 0.6 is 11.6 Å². The van der Waals surface area contributed by atoms with E-state index in [1.807, 2.05) is 9.80 Å². The number of aliphatic hydroxyl groups excluding tert-OH is 1. The van der Waals surface area contributed by atoms with Gasteiger partial charge in [-0.1, -0.05) is 11.6 Å². The Labute approximate surface area is 236 Å². The molecule has 1 aromatic heterocycles. The van der Waals surface area contributed by atoms with Crippen LogP contribution in [0.5, 0.6) is 5.75 Å². The Morgan fingerprint density at radius 2 is 1.75 bits per heavy atom. The summed E-state index contributed by atoms with van der Waals surface area (Å²) in [6.07, 6.45) is 0.654. The predicted molar refractivity (Wildman–Crippen MR) is 154 cm³/mol. The van der Waals surface area contributed by atoms with Crippen molar-refractivity contribution in [1.82, 2.24) is 15.0 Å². The molecule has 0 radical (unpaired) electrons. The topological polar surface area (TPSA) is 205 Å². The number of phenolic OH excluding ortho intramolecular Hbond substituents is 1. The first-order chi connectivity index (χ1) is 19.2. The molecule has 10 N–H and O–H groups in total. The minimum Gasteiger partial charge on any atom is -0.506 e. The van der Waals surface area contributed by atoms with Gasteiger partial charge in [-0.25, -0.2) is 0 Å². The van der Waals surface area contributed by atoms with E-state index < -0.39 is 6.10 Å². The monoisotopic (exact) mass is 568 g/mol. The SMILES string of the molecule is NC[C@@H]1[C@H](O)CCN1c1nc(Nc2ccc(NC(=O)c3ccc(Cl)cc3)c(O)c2)nc(N2C[C@H](N)C[C@H](N)C2)n1. The summed E-state index contributed by atoms with van der Waals surface area (Å²) in [6.45, 7) is 1.83. The highest BCUT2D eigenvalue weighted by Gasteiger charge is 2.35. The lowest BCUT2D eigenvalue weighted by molar-refractivity contribution is 0.102. The number of nitrogens with two attached hydrogens (primary N) is 3. The molecule has 0 aliphatic carbocycles. The van der Waals surface area contributed by atoms with Crippen molar-refractivity contribution in [3.8, 4) is 5.75 Å². The van der Waals surface area contributed by atoms with Crippen LogP contribution in [0, 0.1) is 0 Å². The van der Waals surface area contributed by atoms with Crippen LogP contribution in [-0.4, -0.2) is 81.5 Å². The maximum Gasteiger partial charge on any atom is 0.255 e. The summed E-state index contributed by atoms with van der Waals surface area (Å²) in [4.78, 5) is 30.3. The summed E-state index contributed by atoms with van der Waals surface area (Å²) in [6, 6.07) is 10.5. The molecular weight excluding hydrogens is 536 g/mol. The molecule has 0 bridgehead atoms. The van der Waals surface area contributed by atoms with E-state index in [2.05, 4.69) is 25.6 Å². The number of anilines is 5. The van der Waals surface area contributed by atoms with Crippen LogP contribution in [0.15, 0.2) is 42.5 Å². The predicted octanol–water partition coefficient (Wildman–Crippen LogP) is 0.989. The number of aromatic hydroxyl groups is 1. The Bertz CT molecular complexity index is 1350. The number of phenols is 1. The number of carbonyl (C=O) groups excluding carboxylic acids is 1. The summed E-state index contributed by atoms with van der Waals surface area (Å²) in [5, 5.41) is 27.4. The van der Waals surface area contributed by atoms with Crippen LogP contribution < -0.4 is 37.6 Å². The van der Waals surface area contributed by atoms with E-state index >= 15 is 0 Å². The molecule has 2 saturated heterocycles. The van der Waals surface area contributed by atoms with Crippen molar-refractivity contribution in [2.45, 2.75) is 37.1 Å². The maximum absolute atomic E-state index is 12.6. The van der Waals surface area contributed by atoms with Crippen molar-refractivity contribution in [1.29, 1.82) is 0 Å². The fourth-order valence-electron chi connectivity index (χ4n) is 5.03. The minimum atomic E-state index is -0.592. The van der Waals surface area contributed by atoms with Crippen molar-refractivity contribution >= 4 is 46.7 Å². The fraction of sp³-hybridized carbons (Fsp3) is 0.385. The van der Waals surface area contributed by atoms with E-state index in [4.69, 9.17) is 28.8 Å². The first-order valence-corrected chi connectivity index (χ1v) is 13.4. The van der Waals surface area contributed by atoms with Gasteiger partial charge in [-0.05, 0) is 49.2 Å². The molecule has 14 heteroatoms. The third-order valence-corrected chi connectivity index (χ3v) is 7.28. The van der Waals surface area contributed by atoms with E-state index in [9.17, 15) is 15.0 Å². The number of nitrogens with zero attached hydrogens (tertiary/aromatic N) is 5. The molecule has 2 aliphatic rings. The van der Waals surface area contributed by atoms with Crippen LogP contribution in [0.4, 0.5) is 29.2 Å². The standard InChI is InChI=1S/C26H33ClN10O3/c27-15-3-1-14(2-4-15)23(40)32-19-6-5-18(10-22(19)39)31-24-33-25(36-12-16(29)9-17(30)13-36)35-26(34-24)37-8-7-21(38)20(37)11-28/h1-6,10,16-17,20-21,38-39H,7-9,11-13,28-30H2,(H,32,40)(H,31,33,34,35)/t16-,17+,20-,21-/m1/s1. The Balaban J connectivity index is 1.40. The smallest absolute Gasteiger partial charge is 0.255 e. The second-order valence-corrected chi connectivity index (χ2v) is 10.5. The van der Waals surface area contributed by atoms with Gasteiger partial charge in [0.1, 0.15) is 5.75 Å². The zero-order chi connectivity index (χ0) is 28.4. The molecule has 1 amide bonds. The zero-order valence-electron chi connectivity index (χ0n) is 21.7. The lowest BCUT2D eigenvalue weighted by Gasteiger charge is -2.35. The van der Waals surface area contributed by atoms with Gasteiger partial charge in [0.15, 0.2) is 0 Å². The zero-order valence-corrected chi connectivity index (χ0v) is 22.5. The molecule has 2 aromatic carbocycles. The third kappa shape index (κ3) is 6.18. The normalized spacial score (nSPS) is 22.8. The van der Waals surface area contributed by atoms with E-state index in [1.165, 1.54) is 6.07 Å². The first-order valence-electron chi connectivity index (χ1n) is 13.0. The third-order valence-electron chi connectivity index (χ3n) is 7.03. The van der Waals surface area contributed by atoms with Gasteiger partial charge in [0.05, 0.1) is 17.8 Å². The van der Waals surface area contributed by atoms with Gasteiger partial charge in [0.2, 0.25) is 17.8 Å². The van der Waals surface area contributed by atoms with Gasteiger partial charge in [0, 0.05) is 60.6 Å². The number of aliphatic hydroxyl groups is 1. The highest BCUT2D eigenvalue weighted by molar-refractivity contribution is 6.30. The average molecular weight is 569 g/mol. The van der Waals surface area contributed by atoms with Gasteiger partial charge in [0.25, 0.3) is 5.91 Å². The quantitative estimate of drug-likeness (QED) is 0.199. The fourth-order valence-corrected chi connectivity index (χ4v) is 5.16. The summed E-state index contributed by atoms with van der Waals surface area (Å²) < 4.78 is 0. The molecule has 5 rings (SSSR count). The molecule has 212 valence electrons. The van der Waals surface area contributed by atoms with Crippen molar-refractivity contribution < 1.29 is 15.0 Å². The number of rotatable bonds is 7. The summed E-state index contributed by atoms with van der Waals surface area (Å²) in [5.74, 6) is 0.442. The van der Waals surface area contributed by atoms with E-state index in [0.717, 1.165) is 0 Å². The summed E-state index contributed by atoms with van der Waals surface area (Å²) >= 11 is 5.89. The summed E-state index contributed by atoms with van der Waals surface area (Å²) in [5.41, 5.74) is 19.5. The van der Waals surface area contributed by atoms with Gasteiger partial charge in [-0.15, -0.1) is 0 Å². The maximum atomic E-state index is 12.6. The second-order valence-electron chi connectivity index (χ2n) is 10.1.